The molecule has 5 nitrogen and oxygen atoms in total. The maximum atomic E-state index is 12.4. The van der Waals surface area contributed by atoms with Crippen molar-refractivity contribution in [3.05, 3.63) is 0 Å². The van der Waals surface area contributed by atoms with Crippen molar-refractivity contribution in [3.63, 3.8) is 0 Å². The van der Waals surface area contributed by atoms with E-state index in [1.165, 1.54) is 25.9 Å². The number of hydrogen-bond donors (Lipinski definition) is 0. The number of carbonyl (C=O) groups excluding carboxylic acids is 1. The van der Waals surface area contributed by atoms with Gasteiger partial charge in [0.05, 0.1) is 12.2 Å². The van der Waals surface area contributed by atoms with Crippen LogP contribution in [0.3, 0.4) is 0 Å². The summed E-state index contributed by atoms with van der Waals surface area (Å²) >= 11 is 0. The van der Waals surface area contributed by atoms with E-state index in [1.807, 2.05) is 4.90 Å². The highest BCUT2D eigenvalue weighted by Crippen LogP contribution is 2.43. The van der Waals surface area contributed by atoms with Crippen LogP contribution in [-0.4, -0.2) is 67.4 Å². The van der Waals surface area contributed by atoms with Crippen molar-refractivity contribution in [1.29, 1.82) is 0 Å². The van der Waals surface area contributed by atoms with Crippen molar-refractivity contribution >= 4 is 6.09 Å². The zero-order valence-electron chi connectivity index (χ0n) is 14.4. The molecule has 0 radical (unpaired) electrons. The van der Waals surface area contributed by atoms with Gasteiger partial charge in [0.25, 0.3) is 0 Å². The van der Waals surface area contributed by atoms with Crippen molar-refractivity contribution in [2.75, 3.05) is 39.8 Å². The first-order valence-electron chi connectivity index (χ1n) is 9.36. The van der Waals surface area contributed by atoms with E-state index in [1.54, 1.807) is 0 Å². The minimum absolute atomic E-state index is 0.0783. The van der Waals surface area contributed by atoms with Gasteiger partial charge in [-0.2, -0.15) is 0 Å². The van der Waals surface area contributed by atoms with Crippen molar-refractivity contribution in [3.8, 4) is 0 Å². The van der Waals surface area contributed by atoms with Gasteiger partial charge in [-0.05, 0) is 76.9 Å². The van der Waals surface area contributed by atoms with E-state index in [9.17, 15) is 4.79 Å². The van der Waals surface area contributed by atoms with Gasteiger partial charge in [-0.15, -0.1) is 0 Å². The highest BCUT2D eigenvalue weighted by Gasteiger charge is 2.48. The van der Waals surface area contributed by atoms with Crippen LogP contribution in [0.25, 0.3) is 0 Å². The van der Waals surface area contributed by atoms with Crippen LogP contribution >= 0.6 is 0 Å². The van der Waals surface area contributed by atoms with Gasteiger partial charge in [-0.25, -0.2) is 4.79 Å². The first-order chi connectivity index (χ1) is 11.1. The number of hydrogen-bond acceptors (Lipinski definition) is 4. The summed E-state index contributed by atoms with van der Waals surface area (Å²) in [6, 6.07) is 0. The number of rotatable bonds is 1. The Kier molecular flexibility index (Phi) is 4.04. The Bertz CT molecular complexity index is 435. The molecule has 1 aliphatic carbocycles. The predicted octanol–water partition coefficient (Wildman–Crippen LogP) is 2.64. The lowest BCUT2D eigenvalue weighted by Gasteiger charge is -2.46. The summed E-state index contributed by atoms with van der Waals surface area (Å²) in [5, 5.41) is 0. The van der Waals surface area contributed by atoms with Crippen LogP contribution < -0.4 is 0 Å². The number of nitrogens with zero attached hydrogens (tertiary/aromatic N) is 2. The molecule has 0 atom stereocenters. The molecule has 0 aromatic rings. The summed E-state index contributed by atoms with van der Waals surface area (Å²) < 4.78 is 11.3. The molecule has 5 heteroatoms. The molecule has 3 aliphatic heterocycles. The zero-order valence-corrected chi connectivity index (χ0v) is 14.4. The van der Waals surface area contributed by atoms with Gasteiger partial charge in [0.1, 0.15) is 6.10 Å². The van der Waals surface area contributed by atoms with E-state index >= 15 is 0 Å². The maximum absolute atomic E-state index is 12.4. The second-order valence-electron chi connectivity index (χ2n) is 8.35. The van der Waals surface area contributed by atoms with Crippen LogP contribution in [0, 0.1) is 5.41 Å². The summed E-state index contributed by atoms with van der Waals surface area (Å²) in [6.07, 6.45) is 8.96. The van der Waals surface area contributed by atoms with Crippen molar-refractivity contribution in [2.45, 2.75) is 63.1 Å². The molecule has 0 bridgehead atoms. The number of epoxide rings is 1. The minimum atomic E-state index is -0.0783. The lowest BCUT2D eigenvalue weighted by atomic mass is 9.71. The van der Waals surface area contributed by atoms with Crippen molar-refractivity contribution in [1.82, 2.24) is 9.80 Å². The fraction of sp³-hybridized carbons (Fsp3) is 0.944. The summed E-state index contributed by atoms with van der Waals surface area (Å²) in [6.45, 7) is 5.08. The monoisotopic (exact) mass is 322 g/mol. The van der Waals surface area contributed by atoms with Gasteiger partial charge in [0, 0.05) is 13.1 Å². The molecule has 0 unspecified atom stereocenters. The first-order valence-corrected chi connectivity index (χ1v) is 9.36. The van der Waals surface area contributed by atoms with Crippen molar-refractivity contribution < 1.29 is 14.3 Å². The van der Waals surface area contributed by atoms with E-state index in [2.05, 4.69) is 11.9 Å². The average molecular weight is 322 g/mol. The van der Waals surface area contributed by atoms with Crippen LogP contribution in [0.2, 0.25) is 0 Å². The van der Waals surface area contributed by atoms with Crippen LogP contribution in [0.5, 0.6) is 0 Å². The van der Waals surface area contributed by atoms with Crippen LogP contribution in [-0.2, 0) is 9.47 Å². The Balaban J connectivity index is 1.23. The number of ether oxygens (including phenoxy) is 2. The van der Waals surface area contributed by atoms with E-state index in [0.717, 1.165) is 58.2 Å². The molecule has 3 heterocycles. The standard InChI is InChI=1S/C18H30N2O3/c1-19-10-6-17(7-11-19)8-12-20(13-9-17)16(21)23-15-2-4-18(5-3-15)14-22-18/h15H,2-14H2,1H3. The molecule has 4 rings (SSSR count). The molecule has 3 saturated heterocycles. The molecule has 1 amide bonds. The van der Waals surface area contributed by atoms with E-state index < -0.39 is 0 Å². The Morgan fingerprint density at radius 3 is 2.13 bits per heavy atom. The van der Waals surface area contributed by atoms with Gasteiger partial charge in [-0.3, -0.25) is 0 Å². The predicted molar refractivity (Wildman–Crippen MR) is 87.4 cm³/mol. The third-order valence-corrected chi connectivity index (χ3v) is 6.79. The molecule has 1 saturated carbocycles. The smallest absolute Gasteiger partial charge is 0.410 e. The highest BCUT2D eigenvalue weighted by atomic mass is 16.6. The van der Waals surface area contributed by atoms with E-state index in [-0.39, 0.29) is 17.8 Å². The third-order valence-electron chi connectivity index (χ3n) is 6.79. The van der Waals surface area contributed by atoms with Crippen LogP contribution in [0.4, 0.5) is 4.79 Å². The third kappa shape index (κ3) is 3.36. The fourth-order valence-electron chi connectivity index (χ4n) is 4.60. The Morgan fingerprint density at radius 2 is 1.57 bits per heavy atom. The number of amides is 1. The molecule has 4 fully saturated rings. The second-order valence-corrected chi connectivity index (χ2v) is 8.35. The second kappa shape index (κ2) is 5.92. The topological polar surface area (TPSA) is 45.3 Å². The molecule has 2 spiro atoms. The summed E-state index contributed by atoms with van der Waals surface area (Å²) in [5.41, 5.74) is 0.665. The largest absolute Gasteiger partial charge is 0.446 e. The molecule has 4 aliphatic rings. The van der Waals surface area contributed by atoms with Gasteiger partial charge >= 0.3 is 6.09 Å². The first kappa shape index (κ1) is 15.7. The van der Waals surface area contributed by atoms with Gasteiger partial charge < -0.3 is 19.3 Å². The van der Waals surface area contributed by atoms with Gasteiger partial charge in [0.2, 0.25) is 0 Å². The molecular weight excluding hydrogens is 292 g/mol. The normalized spacial score (nSPS) is 37.1. The molecule has 0 aromatic carbocycles. The number of piperidine rings is 2. The fourth-order valence-corrected chi connectivity index (χ4v) is 4.60. The lowest BCUT2D eigenvalue weighted by molar-refractivity contribution is 0.00626. The van der Waals surface area contributed by atoms with E-state index in [0.29, 0.717) is 5.41 Å². The van der Waals surface area contributed by atoms with Gasteiger partial charge in [0.15, 0.2) is 0 Å². The Morgan fingerprint density at radius 1 is 1.00 bits per heavy atom. The minimum Gasteiger partial charge on any atom is -0.446 e. The average Bonchev–Trinajstić information content (AvgIpc) is 3.33. The number of carbonyl (C=O) groups is 1. The quantitative estimate of drug-likeness (QED) is 0.696. The molecule has 23 heavy (non-hydrogen) atoms. The maximum Gasteiger partial charge on any atom is 0.410 e. The van der Waals surface area contributed by atoms with Crippen molar-refractivity contribution in [2.24, 2.45) is 5.41 Å². The highest BCUT2D eigenvalue weighted by molar-refractivity contribution is 5.68. The molecule has 0 N–H and O–H groups in total. The SMILES string of the molecule is CN1CCC2(CC1)CCN(C(=O)OC1CCC3(CC1)CO3)CC2. The Hall–Kier alpha value is -0.810. The zero-order chi connectivity index (χ0) is 15.9. The number of likely N-dealkylation sites (tertiary alicyclic amines) is 2. The molecular formula is C18H30N2O3. The Labute approximate surface area is 139 Å². The summed E-state index contributed by atoms with van der Waals surface area (Å²) in [5.74, 6) is 0. The van der Waals surface area contributed by atoms with Crippen LogP contribution in [0.15, 0.2) is 0 Å². The summed E-state index contributed by atoms with van der Waals surface area (Å²) in [4.78, 5) is 16.8. The molecule has 0 aromatic heterocycles. The van der Waals surface area contributed by atoms with E-state index in [4.69, 9.17) is 9.47 Å². The lowest BCUT2D eigenvalue weighted by Crippen LogP contribution is -2.48. The molecule has 130 valence electrons. The van der Waals surface area contributed by atoms with Crippen LogP contribution in [0.1, 0.15) is 51.4 Å². The summed E-state index contributed by atoms with van der Waals surface area (Å²) in [7, 11) is 2.21. The van der Waals surface area contributed by atoms with Gasteiger partial charge in [-0.1, -0.05) is 0 Å².